The molecule has 1 N–H and O–H groups in total. The lowest BCUT2D eigenvalue weighted by Gasteiger charge is -2.06. The third kappa shape index (κ3) is 3.10. The van der Waals surface area contributed by atoms with Crippen molar-refractivity contribution in [2.75, 3.05) is 20.3 Å². The maximum absolute atomic E-state index is 12.6. The molecule has 1 aromatic carbocycles. The highest BCUT2D eigenvalue weighted by atomic mass is 19.4. The zero-order valence-corrected chi connectivity index (χ0v) is 11.3. The second-order valence-corrected chi connectivity index (χ2v) is 4.46. The molecule has 0 unspecified atom stereocenters. The number of aryl methyl sites for hydroxylation is 1. The Bertz CT molecular complexity index is 592. The highest BCUT2D eigenvalue weighted by Crippen LogP contribution is 2.31. The third-order valence-corrected chi connectivity index (χ3v) is 3.07. The number of hydrogen-bond donors (Lipinski definition) is 1. The molecule has 7 heteroatoms. The molecule has 4 nitrogen and oxygen atoms in total. The van der Waals surface area contributed by atoms with Gasteiger partial charge in [-0.1, -0.05) is 0 Å². The lowest BCUT2D eigenvalue weighted by molar-refractivity contribution is -0.137. The lowest BCUT2D eigenvalue weighted by atomic mass is 10.2. The van der Waals surface area contributed by atoms with E-state index in [1.807, 2.05) is 0 Å². The summed E-state index contributed by atoms with van der Waals surface area (Å²) in [5.74, 6) is 0.690. The molecule has 110 valence electrons. The standard InChI is InChI=1S/C13H16F3N3O/c1-19-11-4-3-9(13(14,15)16)7-10(11)18-12(19)8-17-5-6-20-2/h3-4,7,17H,5-6,8H2,1-2H3. The molecule has 0 aliphatic heterocycles. The Kier molecular flexibility index (Phi) is 4.29. The fourth-order valence-corrected chi connectivity index (χ4v) is 1.96. The first-order valence-corrected chi connectivity index (χ1v) is 6.15. The predicted octanol–water partition coefficient (Wildman–Crippen LogP) is 2.33. The van der Waals surface area contributed by atoms with Crippen LogP contribution in [-0.2, 0) is 24.5 Å². The van der Waals surface area contributed by atoms with Gasteiger partial charge in [-0.3, -0.25) is 0 Å². The van der Waals surface area contributed by atoms with Gasteiger partial charge in [0.2, 0.25) is 0 Å². The number of alkyl halides is 3. The highest BCUT2D eigenvalue weighted by molar-refractivity contribution is 5.77. The van der Waals surface area contributed by atoms with E-state index in [2.05, 4.69) is 10.3 Å². The Morgan fingerprint density at radius 3 is 2.75 bits per heavy atom. The smallest absolute Gasteiger partial charge is 0.383 e. The second-order valence-electron chi connectivity index (χ2n) is 4.46. The van der Waals surface area contributed by atoms with Crippen LogP contribution in [0.3, 0.4) is 0 Å². The number of ether oxygens (including phenoxy) is 1. The summed E-state index contributed by atoms with van der Waals surface area (Å²) < 4.78 is 44.6. The normalized spacial score (nSPS) is 12.2. The average Bonchev–Trinajstić information content (AvgIpc) is 2.70. The topological polar surface area (TPSA) is 39.1 Å². The molecule has 0 saturated heterocycles. The van der Waals surface area contributed by atoms with Gasteiger partial charge in [0.1, 0.15) is 5.82 Å². The number of imidazole rings is 1. The monoisotopic (exact) mass is 287 g/mol. The second kappa shape index (κ2) is 5.80. The zero-order chi connectivity index (χ0) is 14.8. The van der Waals surface area contributed by atoms with Crippen molar-refractivity contribution in [3.63, 3.8) is 0 Å². The minimum Gasteiger partial charge on any atom is -0.383 e. The Morgan fingerprint density at radius 2 is 2.10 bits per heavy atom. The quantitative estimate of drug-likeness (QED) is 0.858. The number of methoxy groups -OCH3 is 1. The molecule has 0 spiro atoms. The predicted molar refractivity (Wildman–Crippen MR) is 69.3 cm³/mol. The van der Waals surface area contributed by atoms with Crippen molar-refractivity contribution in [2.24, 2.45) is 7.05 Å². The number of hydrogen-bond acceptors (Lipinski definition) is 3. The van der Waals surface area contributed by atoms with Crippen LogP contribution in [0.5, 0.6) is 0 Å². The minimum absolute atomic E-state index is 0.353. The fourth-order valence-electron chi connectivity index (χ4n) is 1.96. The Labute approximate surface area is 114 Å². The number of fused-ring (bicyclic) bond motifs is 1. The van der Waals surface area contributed by atoms with Gasteiger partial charge in [0.25, 0.3) is 0 Å². The molecule has 2 aromatic rings. The largest absolute Gasteiger partial charge is 0.416 e. The number of benzene rings is 1. The lowest BCUT2D eigenvalue weighted by Crippen LogP contribution is -2.20. The van der Waals surface area contributed by atoms with Gasteiger partial charge in [-0.25, -0.2) is 4.98 Å². The summed E-state index contributed by atoms with van der Waals surface area (Å²) in [5.41, 5.74) is 0.356. The molecule has 1 heterocycles. The van der Waals surface area contributed by atoms with E-state index in [1.165, 1.54) is 6.07 Å². The summed E-state index contributed by atoms with van der Waals surface area (Å²) in [6.45, 7) is 1.71. The van der Waals surface area contributed by atoms with Gasteiger partial charge in [-0.2, -0.15) is 13.2 Å². The van der Waals surface area contributed by atoms with Crippen LogP contribution in [0.2, 0.25) is 0 Å². The Hall–Kier alpha value is -1.60. The summed E-state index contributed by atoms with van der Waals surface area (Å²) in [5, 5.41) is 3.12. The molecule has 0 aliphatic carbocycles. The SMILES string of the molecule is COCCNCc1nc2cc(C(F)(F)F)ccc2n1C. The van der Waals surface area contributed by atoms with E-state index in [0.29, 0.717) is 36.6 Å². The van der Waals surface area contributed by atoms with Gasteiger partial charge in [0.05, 0.1) is 29.7 Å². The van der Waals surface area contributed by atoms with Crippen molar-refractivity contribution in [2.45, 2.75) is 12.7 Å². The van der Waals surface area contributed by atoms with E-state index in [1.54, 1.807) is 18.7 Å². The van der Waals surface area contributed by atoms with E-state index in [0.717, 1.165) is 12.1 Å². The molecular weight excluding hydrogens is 271 g/mol. The van der Waals surface area contributed by atoms with Crippen molar-refractivity contribution in [1.82, 2.24) is 14.9 Å². The molecule has 0 saturated carbocycles. The highest BCUT2D eigenvalue weighted by Gasteiger charge is 2.30. The summed E-state index contributed by atoms with van der Waals surface area (Å²) in [7, 11) is 3.39. The van der Waals surface area contributed by atoms with Gasteiger partial charge in [0.15, 0.2) is 0 Å². The maximum atomic E-state index is 12.6. The average molecular weight is 287 g/mol. The fraction of sp³-hybridized carbons (Fsp3) is 0.462. The number of halogens is 3. The number of rotatable bonds is 5. The minimum atomic E-state index is -4.34. The molecule has 0 amide bonds. The van der Waals surface area contributed by atoms with Crippen LogP contribution in [0.1, 0.15) is 11.4 Å². The molecular formula is C13H16F3N3O. The molecule has 1 aromatic heterocycles. The Morgan fingerprint density at radius 1 is 1.35 bits per heavy atom. The summed E-state index contributed by atoms with van der Waals surface area (Å²) >= 11 is 0. The van der Waals surface area contributed by atoms with Gasteiger partial charge < -0.3 is 14.6 Å². The molecule has 0 radical (unpaired) electrons. The van der Waals surface area contributed by atoms with E-state index >= 15 is 0 Å². The van der Waals surface area contributed by atoms with Crippen LogP contribution in [0.4, 0.5) is 13.2 Å². The first-order valence-electron chi connectivity index (χ1n) is 6.15. The van der Waals surface area contributed by atoms with Crippen molar-refractivity contribution in [3.8, 4) is 0 Å². The van der Waals surface area contributed by atoms with E-state index in [-0.39, 0.29) is 0 Å². The Balaban J connectivity index is 2.23. The maximum Gasteiger partial charge on any atom is 0.416 e. The zero-order valence-electron chi connectivity index (χ0n) is 11.3. The van der Waals surface area contributed by atoms with E-state index < -0.39 is 11.7 Å². The van der Waals surface area contributed by atoms with Gasteiger partial charge in [-0.15, -0.1) is 0 Å². The van der Waals surface area contributed by atoms with Crippen LogP contribution in [0, 0.1) is 0 Å². The van der Waals surface area contributed by atoms with Gasteiger partial charge in [0, 0.05) is 20.7 Å². The van der Waals surface area contributed by atoms with Crippen LogP contribution < -0.4 is 5.32 Å². The summed E-state index contributed by atoms with van der Waals surface area (Å²) in [6, 6.07) is 3.60. The molecule has 2 rings (SSSR count). The van der Waals surface area contributed by atoms with Crippen molar-refractivity contribution in [3.05, 3.63) is 29.6 Å². The number of nitrogens with one attached hydrogen (secondary N) is 1. The molecule has 20 heavy (non-hydrogen) atoms. The van der Waals surface area contributed by atoms with Crippen LogP contribution >= 0.6 is 0 Å². The van der Waals surface area contributed by atoms with Gasteiger partial charge in [-0.05, 0) is 18.2 Å². The van der Waals surface area contributed by atoms with Crippen LogP contribution in [-0.4, -0.2) is 29.8 Å². The van der Waals surface area contributed by atoms with Crippen molar-refractivity contribution < 1.29 is 17.9 Å². The number of nitrogens with zero attached hydrogens (tertiary/aromatic N) is 2. The van der Waals surface area contributed by atoms with E-state index in [4.69, 9.17) is 4.74 Å². The van der Waals surface area contributed by atoms with Crippen LogP contribution in [0.25, 0.3) is 11.0 Å². The molecule has 0 fully saturated rings. The van der Waals surface area contributed by atoms with Crippen LogP contribution in [0.15, 0.2) is 18.2 Å². The molecule has 0 atom stereocenters. The number of aromatic nitrogens is 2. The van der Waals surface area contributed by atoms with Crippen molar-refractivity contribution in [1.29, 1.82) is 0 Å². The van der Waals surface area contributed by atoms with E-state index in [9.17, 15) is 13.2 Å². The van der Waals surface area contributed by atoms with Gasteiger partial charge >= 0.3 is 6.18 Å². The molecule has 0 aliphatic rings. The van der Waals surface area contributed by atoms with Crippen molar-refractivity contribution >= 4 is 11.0 Å². The summed E-state index contributed by atoms with van der Waals surface area (Å²) in [6.07, 6.45) is -4.34. The third-order valence-electron chi connectivity index (χ3n) is 3.07. The summed E-state index contributed by atoms with van der Waals surface area (Å²) in [4.78, 5) is 4.24. The molecule has 0 bridgehead atoms. The first kappa shape index (κ1) is 14.8. The first-order chi connectivity index (χ1) is 9.43.